The highest BCUT2D eigenvalue weighted by molar-refractivity contribution is 5.80. The first-order valence-corrected chi connectivity index (χ1v) is 6.55. The maximum absolute atomic E-state index is 11.9. The summed E-state index contributed by atoms with van der Waals surface area (Å²) in [4.78, 5) is 24.7. The number of esters is 1. The molecule has 0 rings (SSSR count). The lowest BCUT2D eigenvalue weighted by Gasteiger charge is -2.28. The van der Waals surface area contributed by atoms with Gasteiger partial charge in [-0.15, -0.1) is 6.42 Å². The number of amides is 1. The van der Waals surface area contributed by atoms with E-state index in [1.165, 1.54) is 0 Å². The first-order valence-electron chi connectivity index (χ1n) is 6.55. The molecule has 0 aliphatic heterocycles. The van der Waals surface area contributed by atoms with Crippen LogP contribution in [0.2, 0.25) is 0 Å². The van der Waals surface area contributed by atoms with Gasteiger partial charge in [0.15, 0.2) is 0 Å². The number of carbonyl (C=O) groups is 2. The lowest BCUT2D eigenvalue weighted by Crippen LogP contribution is -2.50. The Morgan fingerprint density at radius 1 is 1.26 bits per heavy atom. The molecule has 0 saturated carbocycles. The molecule has 0 aromatic rings. The molecule has 108 valence electrons. The van der Waals surface area contributed by atoms with Crippen molar-refractivity contribution in [2.75, 3.05) is 26.7 Å². The van der Waals surface area contributed by atoms with Crippen LogP contribution in [-0.4, -0.2) is 49.1 Å². The van der Waals surface area contributed by atoms with Crippen LogP contribution in [0.1, 0.15) is 33.6 Å². The average Bonchev–Trinajstić information content (AvgIpc) is 2.36. The van der Waals surface area contributed by atoms with Crippen LogP contribution in [0.25, 0.3) is 0 Å². The van der Waals surface area contributed by atoms with Crippen molar-refractivity contribution in [1.82, 2.24) is 10.2 Å². The molecule has 0 aromatic carbocycles. The van der Waals surface area contributed by atoms with E-state index in [2.05, 4.69) is 11.2 Å². The number of rotatable bonds is 8. The van der Waals surface area contributed by atoms with Crippen molar-refractivity contribution >= 4 is 11.9 Å². The molecule has 0 radical (unpaired) electrons. The second-order valence-electron chi connectivity index (χ2n) is 4.46. The standard InChI is InChI=1S/C14H24N2O3/c1-6-14(7-2,8-3)15-12(17)10-16(5)11-13(18)19-9-4/h1H,7-11H2,2-5H3,(H,15,17). The molecule has 5 heteroatoms. The molecular formula is C14H24N2O3. The monoisotopic (exact) mass is 268 g/mol. The molecule has 0 spiro atoms. The third kappa shape index (κ3) is 6.25. The fourth-order valence-corrected chi connectivity index (χ4v) is 1.70. The van der Waals surface area contributed by atoms with E-state index in [1.54, 1.807) is 18.9 Å². The summed E-state index contributed by atoms with van der Waals surface area (Å²) >= 11 is 0. The highest BCUT2D eigenvalue weighted by Gasteiger charge is 2.25. The Morgan fingerprint density at radius 2 is 1.84 bits per heavy atom. The first-order chi connectivity index (χ1) is 8.92. The third-order valence-corrected chi connectivity index (χ3v) is 2.98. The van der Waals surface area contributed by atoms with Gasteiger partial charge in [-0.2, -0.15) is 0 Å². The van der Waals surface area contributed by atoms with Gasteiger partial charge in [0.25, 0.3) is 0 Å². The summed E-state index contributed by atoms with van der Waals surface area (Å²) < 4.78 is 4.81. The first kappa shape index (κ1) is 17.5. The summed E-state index contributed by atoms with van der Waals surface area (Å²) in [6, 6.07) is 0. The molecule has 0 aliphatic carbocycles. The quantitative estimate of drug-likeness (QED) is 0.522. The van der Waals surface area contributed by atoms with Crippen molar-refractivity contribution in [3.63, 3.8) is 0 Å². The Balaban J connectivity index is 4.31. The van der Waals surface area contributed by atoms with Gasteiger partial charge in [0, 0.05) is 0 Å². The Kier molecular flexibility index (Phi) is 7.85. The molecule has 0 aliphatic rings. The van der Waals surface area contributed by atoms with Gasteiger partial charge in [-0.05, 0) is 26.8 Å². The molecule has 0 unspecified atom stereocenters. The molecule has 0 atom stereocenters. The van der Waals surface area contributed by atoms with Crippen molar-refractivity contribution in [3.8, 4) is 12.3 Å². The van der Waals surface area contributed by atoms with E-state index in [0.717, 1.165) is 0 Å². The minimum absolute atomic E-state index is 0.0859. The van der Waals surface area contributed by atoms with Crippen LogP contribution in [0, 0.1) is 12.3 Å². The number of ether oxygens (including phenoxy) is 1. The second-order valence-corrected chi connectivity index (χ2v) is 4.46. The van der Waals surface area contributed by atoms with Crippen LogP contribution in [0.4, 0.5) is 0 Å². The summed E-state index contributed by atoms with van der Waals surface area (Å²) in [7, 11) is 1.69. The number of likely N-dealkylation sites (N-methyl/N-ethyl adjacent to an activating group) is 1. The molecule has 1 amide bonds. The van der Waals surface area contributed by atoms with E-state index >= 15 is 0 Å². The Labute approximate surface area is 115 Å². The Morgan fingerprint density at radius 3 is 2.26 bits per heavy atom. The molecule has 0 aromatic heterocycles. The summed E-state index contributed by atoms with van der Waals surface area (Å²) in [5, 5.41) is 2.85. The van der Waals surface area contributed by atoms with Crippen molar-refractivity contribution in [1.29, 1.82) is 0 Å². The molecule has 19 heavy (non-hydrogen) atoms. The number of nitrogens with zero attached hydrogens (tertiary/aromatic N) is 1. The van der Waals surface area contributed by atoms with Crippen LogP contribution in [0.3, 0.4) is 0 Å². The predicted octanol–water partition coefficient (Wildman–Crippen LogP) is 0.790. The molecule has 0 bridgehead atoms. The number of hydrogen-bond donors (Lipinski definition) is 1. The fourth-order valence-electron chi connectivity index (χ4n) is 1.70. The molecule has 0 saturated heterocycles. The third-order valence-electron chi connectivity index (χ3n) is 2.98. The SMILES string of the molecule is C#CC(CC)(CC)NC(=O)CN(C)CC(=O)OCC. The minimum Gasteiger partial charge on any atom is -0.465 e. The summed E-state index contributed by atoms with van der Waals surface area (Å²) in [6.07, 6.45) is 6.82. The van der Waals surface area contributed by atoms with Crippen molar-refractivity contribution in [2.45, 2.75) is 39.2 Å². The van der Waals surface area contributed by atoms with Crippen LogP contribution < -0.4 is 5.32 Å². The van der Waals surface area contributed by atoms with Gasteiger partial charge < -0.3 is 10.1 Å². The largest absolute Gasteiger partial charge is 0.465 e. The summed E-state index contributed by atoms with van der Waals surface area (Å²) in [6.45, 7) is 6.15. The van der Waals surface area contributed by atoms with E-state index in [4.69, 9.17) is 11.2 Å². The maximum Gasteiger partial charge on any atom is 0.320 e. The highest BCUT2D eigenvalue weighted by Crippen LogP contribution is 2.13. The number of nitrogens with one attached hydrogen (secondary N) is 1. The zero-order valence-corrected chi connectivity index (χ0v) is 12.3. The van der Waals surface area contributed by atoms with Gasteiger partial charge in [0.1, 0.15) is 5.54 Å². The number of carbonyl (C=O) groups excluding carboxylic acids is 2. The van der Waals surface area contributed by atoms with Crippen molar-refractivity contribution < 1.29 is 14.3 Å². The van der Waals surface area contributed by atoms with Gasteiger partial charge >= 0.3 is 5.97 Å². The topological polar surface area (TPSA) is 58.6 Å². The second kappa shape index (κ2) is 8.54. The average molecular weight is 268 g/mol. The van der Waals surface area contributed by atoms with E-state index in [1.807, 2.05) is 13.8 Å². The molecule has 5 nitrogen and oxygen atoms in total. The van der Waals surface area contributed by atoms with Crippen LogP contribution >= 0.6 is 0 Å². The van der Waals surface area contributed by atoms with Gasteiger partial charge in [-0.25, -0.2) is 0 Å². The van der Waals surface area contributed by atoms with E-state index in [0.29, 0.717) is 19.4 Å². The maximum atomic E-state index is 11.9. The number of hydrogen-bond acceptors (Lipinski definition) is 4. The molecule has 0 fully saturated rings. The summed E-state index contributed by atoms with van der Waals surface area (Å²) in [5.41, 5.74) is -0.595. The van der Waals surface area contributed by atoms with Crippen molar-refractivity contribution in [3.05, 3.63) is 0 Å². The summed E-state index contributed by atoms with van der Waals surface area (Å²) in [5.74, 6) is 2.11. The van der Waals surface area contributed by atoms with E-state index in [-0.39, 0.29) is 25.0 Å². The fraction of sp³-hybridized carbons (Fsp3) is 0.714. The van der Waals surface area contributed by atoms with Crippen LogP contribution in [0.15, 0.2) is 0 Å². The smallest absolute Gasteiger partial charge is 0.320 e. The Hall–Kier alpha value is -1.54. The van der Waals surface area contributed by atoms with Gasteiger partial charge in [-0.1, -0.05) is 19.8 Å². The lowest BCUT2D eigenvalue weighted by molar-refractivity contribution is -0.144. The van der Waals surface area contributed by atoms with E-state index < -0.39 is 5.54 Å². The zero-order chi connectivity index (χ0) is 14.9. The van der Waals surface area contributed by atoms with Crippen LogP contribution in [0.5, 0.6) is 0 Å². The number of terminal acetylenes is 1. The van der Waals surface area contributed by atoms with Crippen LogP contribution in [-0.2, 0) is 14.3 Å². The van der Waals surface area contributed by atoms with Gasteiger partial charge in [0.05, 0.1) is 19.7 Å². The minimum atomic E-state index is -0.595. The molecular weight excluding hydrogens is 244 g/mol. The zero-order valence-electron chi connectivity index (χ0n) is 12.3. The van der Waals surface area contributed by atoms with Gasteiger partial charge in [0.2, 0.25) is 5.91 Å². The normalized spacial score (nSPS) is 10.9. The lowest BCUT2D eigenvalue weighted by atomic mass is 9.94. The van der Waals surface area contributed by atoms with E-state index in [9.17, 15) is 9.59 Å². The highest BCUT2D eigenvalue weighted by atomic mass is 16.5. The molecule has 0 heterocycles. The van der Waals surface area contributed by atoms with Gasteiger partial charge in [-0.3, -0.25) is 14.5 Å². The van der Waals surface area contributed by atoms with Crippen molar-refractivity contribution in [2.24, 2.45) is 0 Å². The Bertz CT molecular complexity index is 343. The molecule has 1 N–H and O–H groups in total. The predicted molar refractivity (Wildman–Crippen MR) is 74.4 cm³/mol.